The minimum Gasteiger partial charge on any atom is -0.366 e. The molecule has 0 amide bonds. The molecule has 0 radical (unpaired) electrons. The van der Waals surface area contributed by atoms with Crippen molar-refractivity contribution in [2.75, 3.05) is 5.32 Å². The Labute approximate surface area is 113 Å². The summed E-state index contributed by atoms with van der Waals surface area (Å²) in [6.07, 6.45) is 1.57. The van der Waals surface area contributed by atoms with Crippen molar-refractivity contribution in [2.45, 2.75) is 26.3 Å². The van der Waals surface area contributed by atoms with Crippen molar-refractivity contribution >= 4 is 5.82 Å². The van der Waals surface area contributed by atoms with E-state index in [1.165, 1.54) is 0 Å². The van der Waals surface area contributed by atoms with E-state index in [-0.39, 0.29) is 0 Å². The molecule has 4 heteroatoms. The van der Waals surface area contributed by atoms with E-state index in [0.29, 0.717) is 18.0 Å². The molecule has 1 aromatic carbocycles. The Bertz CT molecular complexity index is 599. The number of anilines is 1. The van der Waals surface area contributed by atoms with Gasteiger partial charge in [0.05, 0.1) is 11.6 Å². The highest BCUT2D eigenvalue weighted by Crippen LogP contribution is 2.14. The largest absolute Gasteiger partial charge is 0.366 e. The average molecular weight is 252 g/mol. The highest BCUT2D eigenvalue weighted by atomic mass is 15.0. The highest BCUT2D eigenvalue weighted by molar-refractivity contribution is 5.39. The Morgan fingerprint density at radius 3 is 2.84 bits per heavy atom. The fourth-order valence-corrected chi connectivity index (χ4v) is 1.73. The predicted molar refractivity (Wildman–Crippen MR) is 74.6 cm³/mol. The van der Waals surface area contributed by atoms with Crippen LogP contribution >= 0.6 is 0 Å². The molecule has 96 valence electrons. The van der Waals surface area contributed by atoms with Crippen LogP contribution in [0.25, 0.3) is 0 Å². The maximum absolute atomic E-state index is 8.85. The molecule has 0 unspecified atom stereocenters. The fourth-order valence-electron chi connectivity index (χ4n) is 1.73. The van der Waals surface area contributed by atoms with Gasteiger partial charge in [0, 0.05) is 18.3 Å². The molecular formula is C15H16N4. The molecule has 0 bridgehead atoms. The van der Waals surface area contributed by atoms with Crippen LogP contribution in [0.5, 0.6) is 0 Å². The highest BCUT2D eigenvalue weighted by Gasteiger charge is 2.03. The van der Waals surface area contributed by atoms with Gasteiger partial charge in [-0.2, -0.15) is 5.26 Å². The normalized spacial score (nSPS) is 10.2. The zero-order valence-corrected chi connectivity index (χ0v) is 11.1. The summed E-state index contributed by atoms with van der Waals surface area (Å²) in [7, 11) is 0. The first-order valence-electron chi connectivity index (χ1n) is 6.24. The van der Waals surface area contributed by atoms with Crippen molar-refractivity contribution in [1.29, 1.82) is 5.26 Å². The Morgan fingerprint density at radius 1 is 1.26 bits per heavy atom. The van der Waals surface area contributed by atoms with Gasteiger partial charge in [0.2, 0.25) is 0 Å². The van der Waals surface area contributed by atoms with Crippen LogP contribution in [-0.4, -0.2) is 9.97 Å². The molecular weight excluding hydrogens is 236 g/mol. The minimum atomic E-state index is 0.380. The van der Waals surface area contributed by atoms with Gasteiger partial charge in [0.25, 0.3) is 0 Å². The fraction of sp³-hybridized carbons (Fsp3) is 0.267. The van der Waals surface area contributed by atoms with Gasteiger partial charge in [0.15, 0.2) is 0 Å². The third-order valence-corrected chi connectivity index (χ3v) is 2.81. The Hall–Kier alpha value is -2.41. The smallest absolute Gasteiger partial charge is 0.129 e. The van der Waals surface area contributed by atoms with E-state index in [2.05, 4.69) is 35.2 Å². The molecule has 4 nitrogen and oxygen atoms in total. The van der Waals surface area contributed by atoms with E-state index in [9.17, 15) is 0 Å². The Balaban J connectivity index is 2.06. The second-order valence-corrected chi connectivity index (χ2v) is 4.65. The number of nitrogens with one attached hydrogen (secondary N) is 1. The Kier molecular flexibility index (Phi) is 4.09. The maximum Gasteiger partial charge on any atom is 0.129 e. The summed E-state index contributed by atoms with van der Waals surface area (Å²) >= 11 is 0. The second-order valence-electron chi connectivity index (χ2n) is 4.65. The topological polar surface area (TPSA) is 61.6 Å². The molecule has 0 aliphatic carbocycles. The van der Waals surface area contributed by atoms with Crippen molar-refractivity contribution in [3.63, 3.8) is 0 Å². The zero-order chi connectivity index (χ0) is 13.7. The molecule has 2 aromatic rings. The number of rotatable bonds is 4. The van der Waals surface area contributed by atoms with Gasteiger partial charge in [0.1, 0.15) is 12.1 Å². The summed E-state index contributed by atoms with van der Waals surface area (Å²) in [4.78, 5) is 8.42. The van der Waals surface area contributed by atoms with Crippen LogP contribution in [-0.2, 0) is 6.54 Å². The van der Waals surface area contributed by atoms with Crippen molar-refractivity contribution in [3.05, 3.63) is 53.5 Å². The summed E-state index contributed by atoms with van der Waals surface area (Å²) in [5.74, 6) is 1.19. The first-order valence-corrected chi connectivity index (χ1v) is 6.24. The number of benzene rings is 1. The molecule has 0 saturated carbocycles. The van der Waals surface area contributed by atoms with Gasteiger partial charge in [-0.1, -0.05) is 26.0 Å². The molecule has 0 atom stereocenters. The molecule has 0 aliphatic rings. The summed E-state index contributed by atoms with van der Waals surface area (Å²) in [6, 6.07) is 11.6. The standard InChI is InChI=1S/C15H16N4/c1-11(2)14-7-15(19-10-18-14)17-9-13-5-3-4-12(6-13)8-16/h3-7,10-11H,9H2,1-2H3,(H,17,18,19). The van der Waals surface area contributed by atoms with Gasteiger partial charge >= 0.3 is 0 Å². The monoisotopic (exact) mass is 252 g/mol. The van der Waals surface area contributed by atoms with Crippen LogP contribution in [0, 0.1) is 11.3 Å². The van der Waals surface area contributed by atoms with E-state index in [0.717, 1.165) is 17.1 Å². The lowest BCUT2D eigenvalue weighted by Gasteiger charge is -2.08. The van der Waals surface area contributed by atoms with Crippen LogP contribution in [0.3, 0.4) is 0 Å². The van der Waals surface area contributed by atoms with Crippen molar-refractivity contribution in [1.82, 2.24) is 9.97 Å². The lowest BCUT2D eigenvalue weighted by atomic mass is 10.1. The summed E-state index contributed by atoms with van der Waals surface area (Å²) < 4.78 is 0. The van der Waals surface area contributed by atoms with Gasteiger partial charge in [-0.15, -0.1) is 0 Å². The van der Waals surface area contributed by atoms with Gasteiger partial charge in [-0.05, 0) is 23.6 Å². The van der Waals surface area contributed by atoms with Gasteiger partial charge in [-0.3, -0.25) is 0 Å². The molecule has 1 N–H and O–H groups in total. The van der Waals surface area contributed by atoms with E-state index in [1.807, 2.05) is 24.3 Å². The number of hydrogen-bond donors (Lipinski definition) is 1. The number of nitrogens with zero attached hydrogens (tertiary/aromatic N) is 3. The zero-order valence-electron chi connectivity index (χ0n) is 11.1. The van der Waals surface area contributed by atoms with E-state index < -0.39 is 0 Å². The number of hydrogen-bond acceptors (Lipinski definition) is 4. The molecule has 1 heterocycles. The summed E-state index contributed by atoms with van der Waals surface area (Å²) in [6.45, 7) is 4.84. The maximum atomic E-state index is 8.85. The molecule has 19 heavy (non-hydrogen) atoms. The number of nitriles is 1. The molecule has 1 aromatic heterocycles. The van der Waals surface area contributed by atoms with Crippen molar-refractivity contribution in [2.24, 2.45) is 0 Å². The average Bonchev–Trinajstić information content (AvgIpc) is 2.45. The SMILES string of the molecule is CC(C)c1cc(NCc2cccc(C#N)c2)ncn1. The quantitative estimate of drug-likeness (QED) is 0.908. The lowest BCUT2D eigenvalue weighted by Crippen LogP contribution is -2.03. The van der Waals surface area contributed by atoms with Crippen LogP contribution in [0.1, 0.15) is 36.6 Å². The molecule has 0 fully saturated rings. The van der Waals surface area contributed by atoms with E-state index in [4.69, 9.17) is 5.26 Å². The Morgan fingerprint density at radius 2 is 2.11 bits per heavy atom. The second kappa shape index (κ2) is 5.96. The minimum absolute atomic E-state index is 0.380. The van der Waals surface area contributed by atoms with Crippen LogP contribution < -0.4 is 5.32 Å². The van der Waals surface area contributed by atoms with Gasteiger partial charge in [-0.25, -0.2) is 9.97 Å². The lowest BCUT2D eigenvalue weighted by molar-refractivity contribution is 0.814. The molecule has 0 aliphatic heterocycles. The summed E-state index contributed by atoms with van der Waals surface area (Å²) in [5, 5.41) is 12.1. The van der Waals surface area contributed by atoms with E-state index >= 15 is 0 Å². The number of aromatic nitrogens is 2. The van der Waals surface area contributed by atoms with Gasteiger partial charge < -0.3 is 5.32 Å². The van der Waals surface area contributed by atoms with Crippen LogP contribution in [0.15, 0.2) is 36.7 Å². The van der Waals surface area contributed by atoms with Crippen LogP contribution in [0.4, 0.5) is 5.82 Å². The van der Waals surface area contributed by atoms with Crippen molar-refractivity contribution in [3.8, 4) is 6.07 Å². The molecule has 0 spiro atoms. The molecule has 2 rings (SSSR count). The first kappa shape index (κ1) is 13.0. The third kappa shape index (κ3) is 3.52. The van der Waals surface area contributed by atoms with Crippen LogP contribution in [0.2, 0.25) is 0 Å². The van der Waals surface area contributed by atoms with Crippen molar-refractivity contribution < 1.29 is 0 Å². The third-order valence-electron chi connectivity index (χ3n) is 2.81. The first-order chi connectivity index (χ1) is 9.19. The molecule has 0 saturated heterocycles. The predicted octanol–water partition coefficient (Wildman–Crippen LogP) is 3.08. The summed E-state index contributed by atoms with van der Waals surface area (Å²) in [5.41, 5.74) is 2.75. The van der Waals surface area contributed by atoms with E-state index in [1.54, 1.807) is 12.4 Å².